The van der Waals surface area contributed by atoms with Gasteiger partial charge in [0.1, 0.15) is 0 Å². The van der Waals surface area contributed by atoms with Crippen LogP contribution in [0.2, 0.25) is 5.02 Å². The second-order valence-corrected chi connectivity index (χ2v) is 9.02. The van der Waals surface area contributed by atoms with E-state index in [1.54, 1.807) is 29.2 Å². The Morgan fingerprint density at radius 1 is 1.09 bits per heavy atom. The van der Waals surface area contributed by atoms with Crippen LogP contribution in [-0.4, -0.2) is 57.9 Å². The van der Waals surface area contributed by atoms with Crippen LogP contribution in [0.3, 0.4) is 0 Å². The van der Waals surface area contributed by atoms with E-state index in [0.717, 1.165) is 31.5 Å². The van der Waals surface area contributed by atoms with E-state index in [4.69, 9.17) is 16.1 Å². The van der Waals surface area contributed by atoms with Gasteiger partial charge in [-0.1, -0.05) is 28.9 Å². The molecule has 35 heavy (non-hydrogen) atoms. The Balaban J connectivity index is 1.31. The quantitative estimate of drug-likeness (QED) is 0.486. The Labute approximate surface area is 210 Å². The molecule has 0 unspecified atom stereocenters. The van der Waals surface area contributed by atoms with Gasteiger partial charge in [-0.05, 0) is 76.2 Å². The number of nitrogens with one attached hydrogen (secondary N) is 1. The maximum absolute atomic E-state index is 13.0. The summed E-state index contributed by atoms with van der Waals surface area (Å²) in [5.74, 6) is 0.839. The first kappa shape index (κ1) is 24.9. The van der Waals surface area contributed by atoms with E-state index < -0.39 is 0 Å². The molecule has 2 heterocycles. The Bertz CT molecular complexity index is 1150. The van der Waals surface area contributed by atoms with Crippen LogP contribution in [0.5, 0.6) is 0 Å². The molecule has 0 spiro atoms. The molecule has 9 heteroatoms. The number of benzene rings is 2. The van der Waals surface area contributed by atoms with Gasteiger partial charge in [0.15, 0.2) is 0 Å². The minimum Gasteiger partial charge on any atom is -0.339 e. The van der Waals surface area contributed by atoms with E-state index in [1.165, 1.54) is 0 Å². The standard InChI is InChI=1S/C26H30ClN5O3/c1-3-32(4-2)26(34)21-7-5-6-8-22(21)28-25(33)19-13-15-31(16-14-19)17-23-29-24(30-35-23)18-9-11-20(27)12-10-18/h5-12,19H,3-4,13-17H2,1-2H3,(H,28,33). The van der Waals surface area contributed by atoms with Crippen LogP contribution in [0.15, 0.2) is 53.1 Å². The van der Waals surface area contributed by atoms with Gasteiger partial charge in [-0.15, -0.1) is 0 Å². The van der Waals surface area contributed by atoms with E-state index in [0.29, 0.717) is 47.6 Å². The summed E-state index contributed by atoms with van der Waals surface area (Å²) < 4.78 is 5.43. The van der Waals surface area contributed by atoms with Crippen LogP contribution < -0.4 is 5.32 Å². The molecule has 2 amide bonds. The second kappa shape index (κ2) is 11.5. The summed E-state index contributed by atoms with van der Waals surface area (Å²) >= 11 is 5.94. The van der Waals surface area contributed by atoms with Crippen molar-refractivity contribution in [2.75, 3.05) is 31.5 Å². The molecule has 3 aromatic rings. The first-order valence-electron chi connectivity index (χ1n) is 12.0. The highest BCUT2D eigenvalue weighted by atomic mass is 35.5. The molecule has 0 saturated carbocycles. The highest BCUT2D eigenvalue weighted by Crippen LogP contribution is 2.24. The van der Waals surface area contributed by atoms with Crippen LogP contribution in [0.25, 0.3) is 11.4 Å². The van der Waals surface area contributed by atoms with Crippen molar-refractivity contribution in [1.29, 1.82) is 0 Å². The van der Waals surface area contributed by atoms with E-state index in [1.807, 2.05) is 38.1 Å². The molecule has 1 aliphatic rings. The average Bonchev–Trinajstić information content (AvgIpc) is 3.34. The third-order valence-electron chi connectivity index (χ3n) is 6.35. The van der Waals surface area contributed by atoms with E-state index in [-0.39, 0.29) is 17.7 Å². The topological polar surface area (TPSA) is 91.6 Å². The highest BCUT2D eigenvalue weighted by molar-refractivity contribution is 6.30. The lowest BCUT2D eigenvalue weighted by Crippen LogP contribution is -2.38. The van der Waals surface area contributed by atoms with Gasteiger partial charge in [0.05, 0.1) is 17.8 Å². The van der Waals surface area contributed by atoms with Gasteiger partial charge >= 0.3 is 0 Å². The van der Waals surface area contributed by atoms with Gasteiger partial charge in [-0.3, -0.25) is 14.5 Å². The van der Waals surface area contributed by atoms with E-state index in [2.05, 4.69) is 20.4 Å². The number of piperidine rings is 1. The molecule has 0 aliphatic carbocycles. The molecule has 1 aliphatic heterocycles. The SMILES string of the molecule is CCN(CC)C(=O)c1ccccc1NC(=O)C1CCN(Cc2nc(-c3ccc(Cl)cc3)no2)CC1. The molecular formula is C26H30ClN5O3. The summed E-state index contributed by atoms with van der Waals surface area (Å²) in [6.07, 6.45) is 1.44. The summed E-state index contributed by atoms with van der Waals surface area (Å²) in [5, 5.41) is 7.72. The molecule has 0 bridgehead atoms. The Kier molecular flexibility index (Phi) is 8.15. The van der Waals surface area contributed by atoms with Gasteiger partial charge in [-0.2, -0.15) is 4.98 Å². The number of hydrogen-bond acceptors (Lipinski definition) is 6. The summed E-state index contributed by atoms with van der Waals surface area (Å²) in [6.45, 7) is 7.17. The number of rotatable bonds is 8. The summed E-state index contributed by atoms with van der Waals surface area (Å²) in [6, 6.07) is 14.5. The number of halogens is 1. The van der Waals surface area contributed by atoms with Crippen molar-refractivity contribution >= 4 is 29.1 Å². The first-order valence-corrected chi connectivity index (χ1v) is 12.4. The largest absolute Gasteiger partial charge is 0.339 e. The number of anilines is 1. The average molecular weight is 496 g/mol. The Hall–Kier alpha value is -3.23. The number of amides is 2. The second-order valence-electron chi connectivity index (χ2n) is 8.58. The van der Waals surface area contributed by atoms with E-state index >= 15 is 0 Å². The lowest BCUT2D eigenvalue weighted by Gasteiger charge is -2.30. The van der Waals surface area contributed by atoms with Crippen molar-refractivity contribution in [2.24, 2.45) is 5.92 Å². The molecule has 184 valence electrons. The molecule has 1 fully saturated rings. The van der Waals surface area contributed by atoms with Gasteiger partial charge < -0.3 is 14.7 Å². The number of likely N-dealkylation sites (tertiary alicyclic amines) is 1. The van der Waals surface area contributed by atoms with Crippen molar-refractivity contribution in [3.8, 4) is 11.4 Å². The monoisotopic (exact) mass is 495 g/mol. The predicted octanol–water partition coefficient (Wildman–Crippen LogP) is 4.72. The van der Waals surface area contributed by atoms with Crippen molar-refractivity contribution in [1.82, 2.24) is 19.9 Å². The number of carbonyl (C=O) groups is 2. The fourth-order valence-corrected chi connectivity index (χ4v) is 4.40. The Morgan fingerprint density at radius 2 is 1.77 bits per heavy atom. The normalized spacial score (nSPS) is 14.6. The van der Waals surface area contributed by atoms with Crippen molar-refractivity contribution in [3.63, 3.8) is 0 Å². The van der Waals surface area contributed by atoms with Crippen LogP contribution in [-0.2, 0) is 11.3 Å². The molecule has 1 saturated heterocycles. The Morgan fingerprint density at radius 3 is 2.46 bits per heavy atom. The minimum atomic E-state index is -0.116. The number of para-hydroxylation sites is 1. The maximum atomic E-state index is 13.0. The lowest BCUT2D eigenvalue weighted by atomic mass is 9.95. The van der Waals surface area contributed by atoms with Crippen molar-refractivity contribution in [2.45, 2.75) is 33.2 Å². The lowest BCUT2D eigenvalue weighted by molar-refractivity contribution is -0.121. The van der Waals surface area contributed by atoms with Crippen LogP contribution in [0.1, 0.15) is 42.9 Å². The highest BCUT2D eigenvalue weighted by Gasteiger charge is 2.27. The van der Waals surface area contributed by atoms with Crippen LogP contribution in [0.4, 0.5) is 5.69 Å². The number of carbonyl (C=O) groups excluding carboxylic acids is 2. The zero-order chi connectivity index (χ0) is 24.8. The minimum absolute atomic E-state index is 0.0488. The number of nitrogens with zero attached hydrogens (tertiary/aromatic N) is 4. The van der Waals surface area contributed by atoms with Crippen LogP contribution >= 0.6 is 11.6 Å². The summed E-state index contributed by atoms with van der Waals surface area (Å²) in [7, 11) is 0. The fourth-order valence-electron chi connectivity index (χ4n) is 4.27. The number of aromatic nitrogens is 2. The first-order chi connectivity index (χ1) is 17.0. The molecule has 2 aromatic carbocycles. The van der Waals surface area contributed by atoms with E-state index in [9.17, 15) is 9.59 Å². The summed E-state index contributed by atoms with van der Waals surface area (Å²) in [4.78, 5) is 34.3. The number of hydrogen-bond donors (Lipinski definition) is 1. The molecule has 1 aromatic heterocycles. The molecule has 8 nitrogen and oxygen atoms in total. The van der Waals surface area contributed by atoms with Gasteiger partial charge in [0.2, 0.25) is 17.6 Å². The zero-order valence-electron chi connectivity index (χ0n) is 20.0. The third kappa shape index (κ3) is 6.07. The molecule has 0 atom stereocenters. The predicted molar refractivity (Wildman–Crippen MR) is 135 cm³/mol. The zero-order valence-corrected chi connectivity index (χ0v) is 20.8. The van der Waals surface area contributed by atoms with Crippen LogP contribution in [0, 0.1) is 5.92 Å². The molecule has 0 radical (unpaired) electrons. The van der Waals surface area contributed by atoms with Gasteiger partial charge in [-0.25, -0.2) is 0 Å². The molecule has 1 N–H and O–H groups in total. The smallest absolute Gasteiger partial charge is 0.255 e. The molecular weight excluding hydrogens is 466 g/mol. The molecule has 4 rings (SSSR count). The van der Waals surface area contributed by atoms with Crippen molar-refractivity contribution < 1.29 is 14.1 Å². The fraction of sp³-hybridized carbons (Fsp3) is 0.385. The van der Waals surface area contributed by atoms with Gasteiger partial charge in [0.25, 0.3) is 5.91 Å². The van der Waals surface area contributed by atoms with Crippen molar-refractivity contribution in [3.05, 3.63) is 65.0 Å². The van der Waals surface area contributed by atoms with Gasteiger partial charge in [0, 0.05) is 29.6 Å². The third-order valence-corrected chi connectivity index (χ3v) is 6.61. The maximum Gasteiger partial charge on any atom is 0.255 e. The summed E-state index contributed by atoms with van der Waals surface area (Å²) in [5.41, 5.74) is 1.94.